The molecule has 0 saturated heterocycles. The Morgan fingerprint density at radius 3 is 3.10 bits per heavy atom. The maximum atomic E-state index is 12.5. The molecule has 1 atom stereocenters. The maximum absolute atomic E-state index is 12.5. The molecule has 2 heterocycles. The van der Waals surface area contributed by atoms with Gasteiger partial charge in [0.05, 0.1) is 12.5 Å². The van der Waals surface area contributed by atoms with Crippen molar-refractivity contribution in [3.63, 3.8) is 0 Å². The average molecular weight is 293 g/mol. The van der Waals surface area contributed by atoms with Crippen LogP contribution < -0.4 is 5.56 Å². The molecule has 0 N–H and O–H groups in total. The van der Waals surface area contributed by atoms with E-state index in [1.54, 1.807) is 11.3 Å². The highest BCUT2D eigenvalue weighted by Crippen LogP contribution is 2.35. The van der Waals surface area contributed by atoms with Crippen molar-refractivity contribution >= 4 is 27.5 Å². The lowest BCUT2D eigenvalue weighted by molar-refractivity contribution is -0.141. The van der Waals surface area contributed by atoms with Crippen LogP contribution >= 0.6 is 11.3 Å². The SMILES string of the molecule is COC(=O)Cn1nnc2sc3c(c2c1=O)CC[C@@H](C)C3. The predicted molar refractivity (Wildman–Crippen MR) is 74.9 cm³/mol. The summed E-state index contributed by atoms with van der Waals surface area (Å²) in [6.07, 6.45) is 2.97. The van der Waals surface area contributed by atoms with Crippen LogP contribution in [0.5, 0.6) is 0 Å². The summed E-state index contributed by atoms with van der Waals surface area (Å²) in [7, 11) is 1.28. The number of hydrogen-bond acceptors (Lipinski definition) is 6. The molecule has 7 heteroatoms. The Balaban J connectivity index is 2.13. The van der Waals surface area contributed by atoms with Crippen molar-refractivity contribution in [1.82, 2.24) is 15.0 Å². The van der Waals surface area contributed by atoms with Crippen LogP contribution in [0.2, 0.25) is 0 Å². The van der Waals surface area contributed by atoms with E-state index in [-0.39, 0.29) is 12.1 Å². The number of esters is 1. The summed E-state index contributed by atoms with van der Waals surface area (Å²) in [5.74, 6) is 0.138. The number of rotatable bonds is 2. The topological polar surface area (TPSA) is 74.1 Å². The minimum absolute atomic E-state index is 0.195. The molecule has 0 aliphatic heterocycles. The molecule has 0 aromatic carbocycles. The smallest absolute Gasteiger partial charge is 0.327 e. The number of hydrogen-bond donors (Lipinski definition) is 0. The summed E-state index contributed by atoms with van der Waals surface area (Å²) in [6.45, 7) is 2.02. The van der Waals surface area contributed by atoms with Gasteiger partial charge in [-0.3, -0.25) is 9.59 Å². The highest BCUT2D eigenvalue weighted by Gasteiger charge is 2.24. The molecule has 0 fully saturated rings. The first-order valence-corrected chi connectivity index (χ1v) is 7.36. The number of aryl methyl sites for hydroxylation is 1. The molecule has 3 rings (SSSR count). The largest absolute Gasteiger partial charge is 0.468 e. The molecular formula is C13H15N3O3S. The van der Waals surface area contributed by atoms with Gasteiger partial charge in [-0.1, -0.05) is 12.1 Å². The van der Waals surface area contributed by atoms with E-state index in [0.717, 1.165) is 29.5 Å². The van der Waals surface area contributed by atoms with Gasteiger partial charge in [-0.15, -0.1) is 16.4 Å². The van der Waals surface area contributed by atoms with Gasteiger partial charge >= 0.3 is 5.97 Å². The molecule has 0 radical (unpaired) electrons. The van der Waals surface area contributed by atoms with Crippen molar-refractivity contribution in [2.75, 3.05) is 7.11 Å². The summed E-state index contributed by atoms with van der Waals surface area (Å²) < 4.78 is 5.65. The van der Waals surface area contributed by atoms with Crippen molar-refractivity contribution in [1.29, 1.82) is 0 Å². The number of nitrogens with zero attached hydrogens (tertiary/aromatic N) is 3. The molecule has 1 aliphatic carbocycles. The Morgan fingerprint density at radius 1 is 1.55 bits per heavy atom. The molecule has 2 aromatic heterocycles. The van der Waals surface area contributed by atoms with Crippen molar-refractivity contribution in [2.45, 2.75) is 32.7 Å². The fourth-order valence-electron chi connectivity index (χ4n) is 2.58. The zero-order chi connectivity index (χ0) is 14.3. The van der Waals surface area contributed by atoms with E-state index in [1.165, 1.54) is 12.0 Å². The molecule has 2 aromatic rings. The lowest BCUT2D eigenvalue weighted by Crippen LogP contribution is -2.28. The Bertz CT molecular complexity index is 734. The number of ether oxygens (including phenoxy) is 1. The highest BCUT2D eigenvalue weighted by molar-refractivity contribution is 7.18. The van der Waals surface area contributed by atoms with Gasteiger partial charge in [0.1, 0.15) is 6.54 Å². The molecule has 6 nitrogen and oxygen atoms in total. The van der Waals surface area contributed by atoms with Crippen LogP contribution in [-0.2, 0) is 28.9 Å². The van der Waals surface area contributed by atoms with Gasteiger partial charge in [0, 0.05) is 4.88 Å². The van der Waals surface area contributed by atoms with Crippen LogP contribution in [0.15, 0.2) is 4.79 Å². The Labute approximate surface area is 119 Å². The standard InChI is InChI=1S/C13H15N3O3S/c1-7-3-4-8-9(5-7)20-12-11(8)13(18)16(15-14-12)6-10(17)19-2/h7H,3-6H2,1-2H3/t7-/m1/s1. The normalized spacial score (nSPS) is 18.0. The summed E-state index contributed by atoms with van der Waals surface area (Å²) >= 11 is 1.55. The molecule has 0 spiro atoms. The van der Waals surface area contributed by atoms with Crippen LogP contribution in [0.4, 0.5) is 0 Å². The number of carbonyl (C=O) groups excluding carboxylic acids is 1. The number of thiophene rings is 1. The first-order valence-electron chi connectivity index (χ1n) is 6.55. The second-order valence-corrected chi connectivity index (χ2v) is 6.24. The zero-order valence-electron chi connectivity index (χ0n) is 11.4. The molecule has 20 heavy (non-hydrogen) atoms. The second kappa shape index (κ2) is 4.97. The maximum Gasteiger partial charge on any atom is 0.327 e. The summed E-state index contributed by atoms with van der Waals surface area (Å²) in [5.41, 5.74) is 0.856. The summed E-state index contributed by atoms with van der Waals surface area (Å²) in [5, 5.41) is 8.54. The van der Waals surface area contributed by atoms with Crippen molar-refractivity contribution in [2.24, 2.45) is 5.92 Å². The summed E-state index contributed by atoms with van der Waals surface area (Å²) in [4.78, 5) is 25.7. The molecule has 0 unspecified atom stereocenters. The van der Waals surface area contributed by atoms with Gasteiger partial charge in [0.25, 0.3) is 5.56 Å². The fourth-order valence-corrected chi connectivity index (χ4v) is 3.90. The van der Waals surface area contributed by atoms with Gasteiger partial charge in [-0.25, -0.2) is 0 Å². The minimum Gasteiger partial charge on any atom is -0.468 e. The lowest BCUT2D eigenvalue weighted by atomic mass is 9.89. The number of methoxy groups -OCH3 is 1. The number of aromatic nitrogens is 3. The molecule has 0 bridgehead atoms. The molecule has 0 amide bonds. The van der Waals surface area contributed by atoms with Gasteiger partial charge < -0.3 is 4.74 Å². The van der Waals surface area contributed by atoms with Crippen LogP contribution in [0.3, 0.4) is 0 Å². The third kappa shape index (κ3) is 2.11. The second-order valence-electron chi connectivity index (χ2n) is 5.16. The van der Waals surface area contributed by atoms with E-state index in [2.05, 4.69) is 22.0 Å². The van der Waals surface area contributed by atoms with Crippen molar-refractivity contribution in [3.8, 4) is 0 Å². The van der Waals surface area contributed by atoms with Crippen LogP contribution in [0, 0.1) is 5.92 Å². The van der Waals surface area contributed by atoms with E-state index in [1.807, 2.05) is 0 Å². The van der Waals surface area contributed by atoms with Gasteiger partial charge in [-0.2, -0.15) is 4.68 Å². The van der Waals surface area contributed by atoms with Crippen LogP contribution in [0.1, 0.15) is 23.8 Å². The first-order chi connectivity index (χ1) is 9.60. The fraction of sp³-hybridized carbons (Fsp3) is 0.538. The van der Waals surface area contributed by atoms with E-state index in [9.17, 15) is 9.59 Å². The van der Waals surface area contributed by atoms with E-state index in [4.69, 9.17) is 0 Å². The van der Waals surface area contributed by atoms with Gasteiger partial charge in [-0.05, 0) is 30.7 Å². The van der Waals surface area contributed by atoms with Crippen molar-refractivity contribution in [3.05, 3.63) is 20.8 Å². The van der Waals surface area contributed by atoms with E-state index >= 15 is 0 Å². The Kier molecular flexibility index (Phi) is 3.29. The monoisotopic (exact) mass is 293 g/mol. The Morgan fingerprint density at radius 2 is 2.35 bits per heavy atom. The molecule has 0 saturated carbocycles. The van der Waals surface area contributed by atoms with E-state index in [0.29, 0.717) is 16.1 Å². The lowest BCUT2D eigenvalue weighted by Gasteiger charge is -2.17. The zero-order valence-corrected chi connectivity index (χ0v) is 12.2. The number of carbonyl (C=O) groups is 1. The van der Waals surface area contributed by atoms with Crippen LogP contribution in [-0.4, -0.2) is 28.1 Å². The molecule has 106 valence electrons. The molecule has 1 aliphatic rings. The van der Waals surface area contributed by atoms with Gasteiger partial charge in [0.15, 0.2) is 4.83 Å². The highest BCUT2D eigenvalue weighted by atomic mass is 32.1. The minimum atomic E-state index is -0.501. The number of fused-ring (bicyclic) bond motifs is 3. The van der Waals surface area contributed by atoms with Crippen LogP contribution in [0.25, 0.3) is 10.2 Å². The third-order valence-corrected chi connectivity index (χ3v) is 4.83. The Hall–Kier alpha value is -1.76. The van der Waals surface area contributed by atoms with Crippen molar-refractivity contribution < 1.29 is 9.53 Å². The van der Waals surface area contributed by atoms with Gasteiger partial charge in [0.2, 0.25) is 0 Å². The van der Waals surface area contributed by atoms with E-state index < -0.39 is 5.97 Å². The summed E-state index contributed by atoms with van der Waals surface area (Å²) in [6, 6.07) is 0. The quantitative estimate of drug-likeness (QED) is 0.777. The molecular weight excluding hydrogens is 278 g/mol. The average Bonchev–Trinajstić information content (AvgIpc) is 2.79. The predicted octanol–water partition coefficient (Wildman–Crippen LogP) is 1.15. The first kappa shape index (κ1) is 13.2. The third-order valence-electron chi connectivity index (χ3n) is 3.69.